The second kappa shape index (κ2) is 66.1. The van der Waals surface area contributed by atoms with Crippen LogP contribution in [-0.4, -0.2) is 37.2 Å². The van der Waals surface area contributed by atoms with Crippen molar-refractivity contribution in [3.8, 4) is 0 Å². The molecule has 0 saturated carbocycles. The van der Waals surface area contributed by atoms with Crippen molar-refractivity contribution >= 4 is 17.9 Å². The third-order valence-corrected chi connectivity index (χ3v) is 15.6. The standard InChI is InChI=1S/C71H132O6/c1-4-7-10-13-16-19-21-23-25-27-28-29-30-31-32-33-34-35-36-37-38-39-40-41-42-43-44-45-47-48-50-52-55-58-61-64-70(73)76-67-68(66-75-69(72)63-60-57-54-18-15-12-9-6-3)77-71(74)65-62-59-56-53-51-49-46-26-24-22-20-17-14-11-8-5-2/h21,23,26-28,46,68H,4-20,22,24-25,29-45,47-67H2,1-3H3/b23-21-,28-27-,46-26-. The van der Waals surface area contributed by atoms with Crippen LogP contribution >= 0.6 is 0 Å². The van der Waals surface area contributed by atoms with Gasteiger partial charge in [0, 0.05) is 19.3 Å². The van der Waals surface area contributed by atoms with E-state index < -0.39 is 6.10 Å². The first-order valence-corrected chi connectivity index (χ1v) is 34.5. The first-order chi connectivity index (χ1) is 38.0. The van der Waals surface area contributed by atoms with Gasteiger partial charge in [-0.05, 0) is 77.0 Å². The summed E-state index contributed by atoms with van der Waals surface area (Å²) in [7, 11) is 0. The maximum Gasteiger partial charge on any atom is 0.306 e. The Hall–Kier alpha value is -2.37. The largest absolute Gasteiger partial charge is 0.462 e. The van der Waals surface area contributed by atoms with Gasteiger partial charge in [0.05, 0.1) is 0 Å². The van der Waals surface area contributed by atoms with Gasteiger partial charge in [-0.25, -0.2) is 0 Å². The van der Waals surface area contributed by atoms with Crippen molar-refractivity contribution in [2.24, 2.45) is 0 Å². The van der Waals surface area contributed by atoms with E-state index >= 15 is 0 Å². The van der Waals surface area contributed by atoms with Crippen LogP contribution in [0.3, 0.4) is 0 Å². The van der Waals surface area contributed by atoms with Gasteiger partial charge < -0.3 is 14.2 Å². The van der Waals surface area contributed by atoms with Gasteiger partial charge in [0.2, 0.25) is 0 Å². The minimum absolute atomic E-state index is 0.0698. The molecule has 0 heterocycles. The molecule has 452 valence electrons. The molecule has 0 amide bonds. The van der Waals surface area contributed by atoms with Crippen molar-refractivity contribution < 1.29 is 28.6 Å². The Labute approximate surface area is 480 Å². The molecule has 0 aromatic rings. The zero-order valence-corrected chi connectivity index (χ0v) is 52.0. The number of hydrogen-bond acceptors (Lipinski definition) is 6. The van der Waals surface area contributed by atoms with Crippen molar-refractivity contribution in [3.05, 3.63) is 36.5 Å². The minimum Gasteiger partial charge on any atom is -0.462 e. The number of rotatable bonds is 64. The summed E-state index contributed by atoms with van der Waals surface area (Å²) in [6, 6.07) is 0. The maximum absolute atomic E-state index is 12.8. The molecule has 0 rings (SSSR count). The third kappa shape index (κ3) is 64.3. The number of esters is 3. The van der Waals surface area contributed by atoms with Crippen LogP contribution in [0.1, 0.15) is 380 Å². The van der Waals surface area contributed by atoms with Gasteiger partial charge in [-0.1, -0.05) is 320 Å². The van der Waals surface area contributed by atoms with Crippen LogP contribution in [0.5, 0.6) is 0 Å². The summed E-state index contributed by atoms with van der Waals surface area (Å²) in [5, 5.41) is 0. The van der Waals surface area contributed by atoms with E-state index in [4.69, 9.17) is 14.2 Å². The van der Waals surface area contributed by atoms with Gasteiger partial charge in [0.25, 0.3) is 0 Å². The lowest BCUT2D eigenvalue weighted by molar-refractivity contribution is -0.167. The van der Waals surface area contributed by atoms with E-state index in [9.17, 15) is 14.4 Å². The van der Waals surface area contributed by atoms with Crippen LogP contribution < -0.4 is 0 Å². The summed E-state index contributed by atoms with van der Waals surface area (Å²) in [6.45, 7) is 6.64. The molecule has 0 aromatic heterocycles. The molecule has 6 heteroatoms. The topological polar surface area (TPSA) is 78.9 Å². The zero-order chi connectivity index (χ0) is 55.7. The van der Waals surface area contributed by atoms with Crippen molar-refractivity contribution in [2.75, 3.05) is 13.2 Å². The molecule has 0 saturated heterocycles. The molecule has 0 aromatic carbocycles. The lowest BCUT2D eigenvalue weighted by Crippen LogP contribution is -2.30. The molecule has 0 aliphatic heterocycles. The van der Waals surface area contributed by atoms with Crippen molar-refractivity contribution in [1.82, 2.24) is 0 Å². The molecule has 6 nitrogen and oxygen atoms in total. The van der Waals surface area contributed by atoms with Crippen LogP contribution in [0.4, 0.5) is 0 Å². The Morgan fingerprint density at radius 2 is 0.468 bits per heavy atom. The Bertz CT molecular complexity index is 1290. The van der Waals surface area contributed by atoms with E-state index in [1.54, 1.807) is 0 Å². The molecule has 0 bridgehead atoms. The number of allylic oxidation sites excluding steroid dienone is 6. The number of carbonyl (C=O) groups is 3. The highest BCUT2D eigenvalue weighted by Crippen LogP contribution is 2.18. The number of carbonyl (C=O) groups excluding carboxylic acids is 3. The van der Waals surface area contributed by atoms with Gasteiger partial charge in [0.1, 0.15) is 13.2 Å². The van der Waals surface area contributed by atoms with Crippen LogP contribution in [0.25, 0.3) is 0 Å². The molecule has 1 unspecified atom stereocenters. The fourth-order valence-electron chi connectivity index (χ4n) is 10.4. The fraction of sp³-hybridized carbons (Fsp3) is 0.873. The van der Waals surface area contributed by atoms with Crippen LogP contribution in [0.2, 0.25) is 0 Å². The van der Waals surface area contributed by atoms with Crippen LogP contribution in [0, 0.1) is 0 Å². The first-order valence-electron chi connectivity index (χ1n) is 34.5. The Kier molecular flexibility index (Phi) is 64.1. The zero-order valence-electron chi connectivity index (χ0n) is 52.0. The van der Waals surface area contributed by atoms with Crippen LogP contribution in [0.15, 0.2) is 36.5 Å². The summed E-state index contributed by atoms with van der Waals surface area (Å²) in [5.41, 5.74) is 0. The van der Waals surface area contributed by atoms with Crippen molar-refractivity contribution in [3.63, 3.8) is 0 Å². The molecular formula is C71H132O6. The van der Waals surface area contributed by atoms with Gasteiger partial charge in [-0.3, -0.25) is 14.4 Å². The molecule has 1 atom stereocenters. The predicted molar refractivity (Wildman–Crippen MR) is 335 cm³/mol. The van der Waals surface area contributed by atoms with Crippen molar-refractivity contribution in [1.29, 1.82) is 0 Å². The third-order valence-electron chi connectivity index (χ3n) is 15.6. The molecule has 0 aliphatic rings. The van der Waals surface area contributed by atoms with Gasteiger partial charge in [0.15, 0.2) is 6.10 Å². The molecule has 0 radical (unpaired) electrons. The number of unbranched alkanes of at least 4 members (excludes halogenated alkanes) is 47. The Morgan fingerprint density at radius 3 is 0.727 bits per heavy atom. The van der Waals surface area contributed by atoms with Gasteiger partial charge in [-0.15, -0.1) is 0 Å². The lowest BCUT2D eigenvalue weighted by Gasteiger charge is -2.18. The molecule has 77 heavy (non-hydrogen) atoms. The van der Waals surface area contributed by atoms with Gasteiger partial charge in [-0.2, -0.15) is 0 Å². The molecule has 0 spiro atoms. The van der Waals surface area contributed by atoms with E-state index in [-0.39, 0.29) is 31.1 Å². The predicted octanol–water partition coefficient (Wildman–Crippen LogP) is 23.6. The highest BCUT2D eigenvalue weighted by molar-refractivity contribution is 5.71. The Morgan fingerprint density at radius 1 is 0.260 bits per heavy atom. The SMILES string of the molecule is CCCCCCC/C=C\C/C=C\CCCCCCCCCCCCCCCCCCCCCCCCCC(=O)OCC(COC(=O)CCCCCCCCCC)OC(=O)CCCCCCC/C=C\CCCCCCCCC. The number of hydrogen-bond donors (Lipinski definition) is 0. The highest BCUT2D eigenvalue weighted by atomic mass is 16.6. The van der Waals surface area contributed by atoms with E-state index in [1.165, 1.54) is 270 Å². The maximum atomic E-state index is 12.8. The summed E-state index contributed by atoms with van der Waals surface area (Å²) in [5.74, 6) is -0.860. The normalized spacial score (nSPS) is 12.2. The van der Waals surface area contributed by atoms with E-state index in [1.807, 2.05) is 0 Å². The summed E-state index contributed by atoms with van der Waals surface area (Å²) in [4.78, 5) is 38.1. The lowest BCUT2D eigenvalue weighted by atomic mass is 10.0. The van der Waals surface area contributed by atoms with Gasteiger partial charge >= 0.3 is 17.9 Å². The first kappa shape index (κ1) is 74.6. The summed E-state index contributed by atoms with van der Waals surface area (Å²) in [6.07, 6.45) is 82.1. The smallest absolute Gasteiger partial charge is 0.306 e. The molecular weight excluding hydrogens is 949 g/mol. The molecule has 0 fully saturated rings. The minimum atomic E-state index is -0.771. The second-order valence-electron chi connectivity index (χ2n) is 23.4. The van der Waals surface area contributed by atoms with Crippen LogP contribution in [-0.2, 0) is 28.6 Å². The Balaban J connectivity index is 3.95. The van der Waals surface area contributed by atoms with E-state index in [0.29, 0.717) is 19.3 Å². The van der Waals surface area contributed by atoms with Crippen molar-refractivity contribution in [2.45, 2.75) is 386 Å². The summed E-state index contributed by atoms with van der Waals surface area (Å²) < 4.78 is 16.9. The average Bonchev–Trinajstić information content (AvgIpc) is 3.43. The molecule has 0 N–H and O–H groups in total. The fourth-order valence-corrected chi connectivity index (χ4v) is 10.4. The van der Waals surface area contributed by atoms with E-state index in [2.05, 4.69) is 57.2 Å². The second-order valence-corrected chi connectivity index (χ2v) is 23.4. The van der Waals surface area contributed by atoms with E-state index in [0.717, 1.165) is 70.6 Å². The quantitative estimate of drug-likeness (QED) is 0.0261. The highest BCUT2D eigenvalue weighted by Gasteiger charge is 2.19. The number of ether oxygens (including phenoxy) is 3. The average molecular weight is 1080 g/mol. The monoisotopic (exact) mass is 1080 g/mol. The molecule has 0 aliphatic carbocycles. The summed E-state index contributed by atoms with van der Waals surface area (Å²) >= 11 is 0.